The number of hydrogen-bond donors (Lipinski definition) is 2. The Morgan fingerprint density at radius 3 is 2.72 bits per heavy atom. The molecule has 1 saturated heterocycles. The molecule has 132 valence electrons. The molecule has 1 aromatic heterocycles. The van der Waals surface area contributed by atoms with E-state index in [9.17, 15) is 4.79 Å². The number of quaternary nitrogens is 1. The number of piperazine rings is 1. The van der Waals surface area contributed by atoms with Crippen molar-refractivity contribution in [2.45, 2.75) is 19.9 Å². The summed E-state index contributed by atoms with van der Waals surface area (Å²) in [6, 6.07) is 11.6. The molecule has 1 amide bonds. The quantitative estimate of drug-likeness (QED) is 0.860. The average molecular weight is 361 g/mol. The fourth-order valence-corrected chi connectivity index (χ4v) is 3.38. The number of nitrogens with one attached hydrogen (secondary N) is 3. The summed E-state index contributed by atoms with van der Waals surface area (Å²) in [5, 5.41) is 3.66. The van der Waals surface area contributed by atoms with E-state index in [2.05, 4.69) is 21.3 Å². The Hall–Kier alpha value is -2.11. The van der Waals surface area contributed by atoms with Crippen LogP contribution in [0.2, 0.25) is 5.02 Å². The molecule has 0 saturated carbocycles. The van der Waals surface area contributed by atoms with Gasteiger partial charge in [0.05, 0.1) is 6.20 Å². The van der Waals surface area contributed by atoms with E-state index in [1.54, 1.807) is 6.07 Å². The molecule has 1 aliphatic heterocycles. The highest BCUT2D eigenvalue weighted by Crippen LogP contribution is 2.20. The summed E-state index contributed by atoms with van der Waals surface area (Å²) < 4.78 is 0. The Morgan fingerprint density at radius 2 is 2.04 bits per heavy atom. The van der Waals surface area contributed by atoms with Gasteiger partial charge in [0.1, 0.15) is 26.2 Å². The molecule has 3 N–H and O–H groups in total. The van der Waals surface area contributed by atoms with Crippen LogP contribution in [0.4, 0.5) is 11.5 Å². The number of benzene rings is 1. The number of anilines is 2. The van der Waals surface area contributed by atoms with Crippen molar-refractivity contribution in [1.82, 2.24) is 0 Å². The maximum atomic E-state index is 12.6. The highest BCUT2D eigenvalue weighted by molar-refractivity contribution is 6.31. The van der Waals surface area contributed by atoms with Gasteiger partial charge in [-0.1, -0.05) is 23.7 Å². The van der Waals surface area contributed by atoms with Gasteiger partial charge in [-0.15, -0.1) is 0 Å². The first-order chi connectivity index (χ1) is 12.0. The molecule has 0 aliphatic carbocycles. The Kier molecular flexibility index (Phi) is 5.56. The lowest BCUT2D eigenvalue weighted by Crippen LogP contribution is -3.19. The standard InChI is InChI=1S/C19H23ClN4O/c1-14-6-7-16(20)13-17(14)22-19(25)15(2)23-9-11-24(12-10-23)18-5-3-4-8-21-18/h3-8,13,15H,9-12H2,1-2H3,(H,22,25)/p+2/t15-/m1/s1. The summed E-state index contributed by atoms with van der Waals surface area (Å²) in [6.45, 7) is 7.71. The van der Waals surface area contributed by atoms with E-state index in [-0.39, 0.29) is 11.9 Å². The predicted molar refractivity (Wildman–Crippen MR) is 100 cm³/mol. The van der Waals surface area contributed by atoms with E-state index in [0.29, 0.717) is 5.02 Å². The van der Waals surface area contributed by atoms with Gasteiger partial charge in [-0.3, -0.25) is 9.69 Å². The zero-order valence-corrected chi connectivity index (χ0v) is 15.4. The van der Waals surface area contributed by atoms with Crippen LogP contribution in [0.15, 0.2) is 42.6 Å². The Balaban J connectivity index is 1.57. The summed E-state index contributed by atoms with van der Waals surface area (Å²) in [7, 11) is 0. The fraction of sp³-hybridized carbons (Fsp3) is 0.368. The van der Waals surface area contributed by atoms with Crippen LogP contribution < -0.4 is 20.1 Å². The highest BCUT2D eigenvalue weighted by atomic mass is 35.5. The zero-order valence-electron chi connectivity index (χ0n) is 14.7. The van der Waals surface area contributed by atoms with Crippen LogP contribution in [-0.2, 0) is 4.79 Å². The normalized spacial score (nSPS) is 16.5. The monoisotopic (exact) mass is 360 g/mol. The van der Waals surface area contributed by atoms with Gasteiger partial charge in [0.25, 0.3) is 11.7 Å². The number of pyridine rings is 1. The number of amides is 1. The van der Waals surface area contributed by atoms with E-state index in [0.717, 1.165) is 43.2 Å². The molecule has 25 heavy (non-hydrogen) atoms. The maximum Gasteiger partial charge on any atom is 0.282 e. The minimum atomic E-state index is -0.0970. The van der Waals surface area contributed by atoms with Crippen LogP contribution in [0, 0.1) is 6.92 Å². The lowest BCUT2D eigenvalue weighted by molar-refractivity contribution is -0.914. The van der Waals surface area contributed by atoms with Crippen LogP contribution in [0.1, 0.15) is 12.5 Å². The van der Waals surface area contributed by atoms with Crippen molar-refractivity contribution in [1.29, 1.82) is 0 Å². The third-order valence-corrected chi connectivity index (χ3v) is 5.14. The summed E-state index contributed by atoms with van der Waals surface area (Å²) in [5.74, 6) is 1.17. The summed E-state index contributed by atoms with van der Waals surface area (Å²) in [6.07, 6.45) is 1.94. The molecular formula is C19H25ClN4O+2. The second kappa shape index (κ2) is 7.85. The first-order valence-corrected chi connectivity index (χ1v) is 9.05. The second-order valence-corrected chi connectivity index (χ2v) is 7.00. The van der Waals surface area contributed by atoms with Crippen LogP contribution in [0.25, 0.3) is 0 Å². The minimum absolute atomic E-state index is 0.0418. The largest absolute Gasteiger partial charge is 0.321 e. The summed E-state index contributed by atoms with van der Waals surface area (Å²) in [4.78, 5) is 19.5. The first kappa shape index (κ1) is 17.7. The van der Waals surface area contributed by atoms with Crippen LogP contribution in [-0.4, -0.2) is 38.1 Å². The number of nitrogens with zero attached hydrogens (tertiary/aromatic N) is 1. The van der Waals surface area contributed by atoms with Crippen molar-refractivity contribution in [3.63, 3.8) is 0 Å². The van der Waals surface area contributed by atoms with E-state index >= 15 is 0 Å². The van der Waals surface area contributed by atoms with Crippen molar-refractivity contribution in [2.75, 3.05) is 36.4 Å². The molecular weight excluding hydrogens is 336 g/mol. The molecule has 1 atom stereocenters. The maximum absolute atomic E-state index is 12.6. The third kappa shape index (κ3) is 4.30. The van der Waals surface area contributed by atoms with Gasteiger partial charge in [0.2, 0.25) is 0 Å². The van der Waals surface area contributed by atoms with Gasteiger partial charge < -0.3 is 10.2 Å². The smallest absolute Gasteiger partial charge is 0.282 e. The number of aromatic nitrogens is 1. The van der Waals surface area contributed by atoms with E-state index in [1.165, 1.54) is 4.90 Å². The Bertz CT molecular complexity index is 729. The summed E-state index contributed by atoms with van der Waals surface area (Å²) >= 11 is 6.04. The van der Waals surface area contributed by atoms with E-state index in [4.69, 9.17) is 11.6 Å². The molecule has 3 rings (SSSR count). The topological polar surface area (TPSA) is 50.9 Å². The third-order valence-electron chi connectivity index (χ3n) is 4.90. The number of rotatable bonds is 4. The van der Waals surface area contributed by atoms with Gasteiger partial charge in [0, 0.05) is 16.8 Å². The SMILES string of the molecule is Cc1ccc(Cl)cc1NC(=O)[C@@H](C)[NH+]1CCN(c2cccc[nH+]2)CC1. The Morgan fingerprint density at radius 1 is 1.28 bits per heavy atom. The number of carbonyl (C=O) groups excluding carboxylic acids is 1. The second-order valence-electron chi connectivity index (χ2n) is 6.56. The van der Waals surface area contributed by atoms with Gasteiger partial charge in [-0.25, -0.2) is 4.98 Å². The van der Waals surface area contributed by atoms with Crippen molar-refractivity contribution in [3.8, 4) is 0 Å². The average Bonchev–Trinajstić information content (AvgIpc) is 2.65. The van der Waals surface area contributed by atoms with Crippen LogP contribution in [0.3, 0.4) is 0 Å². The molecule has 5 nitrogen and oxygen atoms in total. The molecule has 0 spiro atoms. The summed E-state index contributed by atoms with van der Waals surface area (Å²) in [5.41, 5.74) is 1.81. The Labute approximate surface area is 153 Å². The van der Waals surface area contributed by atoms with Crippen LogP contribution in [0.5, 0.6) is 0 Å². The van der Waals surface area contributed by atoms with Gasteiger partial charge >= 0.3 is 0 Å². The van der Waals surface area contributed by atoms with Gasteiger partial charge in [-0.2, -0.15) is 0 Å². The molecule has 0 bridgehead atoms. The van der Waals surface area contributed by atoms with E-state index in [1.807, 2.05) is 44.3 Å². The number of hydrogen-bond acceptors (Lipinski definition) is 2. The molecule has 0 radical (unpaired) electrons. The molecule has 1 aromatic carbocycles. The molecule has 2 aromatic rings. The zero-order chi connectivity index (χ0) is 17.8. The molecule has 1 aliphatic rings. The lowest BCUT2D eigenvalue weighted by atomic mass is 10.1. The van der Waals surface area contributed by atoms with Gasteiger partial charge in [-0.05, 0) is 37.6 Å². The van der Waals surface area contributed by atoms with E-state index < -0.39 is 0 Å². The fourth-order valence-electron chi connectivity index (χ4n) is 3.20. The number of carbonyl (C=O) groups is 1. The van der Waals surface area contributed by atoms with Crippen LogP contribution >= 0.6 is 11.6 Å². The van der Waals surface area contributed by atoms with Crippen molar-refractivity contribution in [3.05, 3.63) is 53.2 Å². The predicted octanol–water partition coefficient (Wildman–Crippen LogP) is 1.19. The van der Waals surface area contributed by atoms with Crippen molar-refractivity contribution >= 4 is 29.0 Å². The van der Waals surface area contributed by atoms with Crippen molar-refractivity contribution < 1.29 is 14.7 Å². The number of aromatic amines is 1. The number of halogens is 1. The molecule has 0 unspecified atom stereocenters. The molecule has 1 fully saturated rings. The number of aryl methyl sites for hydroxylation is 1. The highest BCUT2D eigenvalue weighted by Gasteiger charge is 2.32. The number of H-pyrrole nitrogens is 1. The lowest BCUT2D eigenvalue weighted by Gasteiger charge is -2.31. The first-order valence-electron chi connectivity index (χ1n) is 8.68. The van der Waals surface area contributed by atoms with Gasteiger partial charge in [0.15, 0.2) is 6.04 Å². The minimum Gasteiger partial charge on any atom is -0.321 e. The van der Waals surface area contributed by atoms with Crippen molar-refractivity contribution in [2.24, 2.45) is 0 Å². The molecule has 2 heterocycles. The molecule has 6 heteroatoms.